The summed E-state index contributed by atoms with van der Waals surface area (Å²) in [6.07, 6.45) is 0. The Morgan fingerprint density at radius 3 is 1.54 bits per heavy atom. The van der Waals surface area contributed by atoms with Gasteiger partial charge >= 0.3 is 0 Å². The molecule has 6 heteroatoms. The van der Waals surface area contributed by atoms with Crippen LogP contribution < -0.4 is 0 Å². The predicted molar refractivity (Wildman–Crippen MR) is 232 cm³/mol. The number of hydrogen-bond acceptors (Lipinski definition) is 4. The Kier molecular flexibility index (Phi) is 6.83. The van der Waals surface area contributed by atoms with Gasteiger partial charge < -0.3 is 13.6 Å². The molecule has 6 nitrogen and oxygen atoms in total. The summed E-state index contributed by atoms with van der Waals surface area (Å²) in [5, 5.41) is 6.73. The van der Waals surface area contributed by atoms with E-state index in [2.05, 4.69) is 137 Å². The molecular weight excluding hydrogens is 699 g/mol. The fourth-order valence-electron chi connectivity index (χ4n) is 8.63. The summed E-state index contributed by atoms with van der Waals surface area (Å²) in [5.41, 5.74) is 11.1. The van der Waals surface area contributed by atoms with E-state index >= 15 is 0 Å². The molecule has 4 aromatic heterocycles. The first-order valence-electron chi connectivity index (χ1n) is 19.1. The number of benzene rings is 8. The molecule has 0 aliphatic rings. The van der Waals surface area contributed by atoms with Gasteiger partial charge in [0.05, 0.1) is 22.1 Å². The summed E-state index contributed by atoms with van der Waals surface area (Å²) < 4.78 is 11.4. The van der Waals surface area contributed by atoms with Crippen LogP contribution in [-0.4, -0.2) is 24.1 Å². The van der Waals surface area contributed by atoms with Crippen molar-refractivity contribution in [1.29, 1.82) is 0 Å². The number of aromatic nitrogens is 5. The van der Waals surface area contributed by atoms with Crippen molar-refractivity contribution in [3.05, 3.63) is 188 Å². The smallest absolute Gasteiger partial charge is 0.164 e. The van der Waals surface area contributed by atoms with Crippen LogP contribution in [0.3, 0.4) is 0 Å². The van der Waals surface area contributed by atoms with Crippen molar-refractivity contribution < 1.29 is 4.42 Å². The van der Waals surface area contributed by atoms with Gasteiger partial charge in [0.1, 0.15) is 11.2 Å². The molecule has 8 aromatic carbocycles. The topological polar surface area (TPSA) is 61.7 Å². The highest BCUT2D eigenvalue weighted by Crippen LogP contribution is 2.43. The van der Waals surface area contributed by atoms with E-state index < -0.39 is 0 Å². The minimum atomic E-state index is 0.617. The van der Waals surface area contributed by atoms with Crippen molar-refractivity contribution in [1.82, 2.24) is 24.1 Å². The lowest BCUT2D eigenvalue weighted by Crippen LogP contribution is -2.00. The van der Waals surface area contributed by atoms with Crippen molar-refractivity contribution in [2.75, 3.05) is 0 Å². The molecule has 0 aliphatic heterocycles. The second-order valence-corrected chi connectivity index (χ2v) is 14.4. The van der Waals surface area contributed by atoms with Gasteiger partial charge in [0.2, 0.25) is 0 Å². The van der Waals surface area contributed by atoms with Crippen LogP contribution in [0.25, 0.3) is 111 Å². The fraction of sp³-hybridized carbons (Fsp3) is 0. The van der Waals surface area contributed by atoms with Crippen molar-refractivity contribution in [3.8, 4) is 45.5 Å². The Morgan fingerprint density at radius 1 is 0.333 bits per heavy atom. The molecular formula is C51H31N5O. The van der Waals surface area contributed by atoms with E-state index in [1.807, 2.05) is 60.7 Å². The third kappa shape index (κ3) is 4.87. The van der Waals surface area contributed by atoms with Crippen LogP contribution in [0.2, 0.25) is 0 Å². The highest BCUT2D eigenvalue weighted by Gasteiger charge is 2.22. The Balaban J connectivity index is 1.15. The molecule has 0 bridgehead atoms. The molecule has 57 heavy (non-hydrogen) atoms. The molecule has 0 fully saturated rings. The summed E-state index contributed by atoms with van der Waals surface area (Å²) in [6.45, 7) is 0. The SMILES string of the molecule is c1ccc(-c2nc(-c3ccccc3)nc(-c3cccc4c3c3cc5c(cc3n4-c3ccccc3)oc3ccc(-n4c6ccccc6c6ccccc64)cc35)n2)cc1. The van der Waals surface area contributed by atoms with Gasteiger partial charge in [-0.25, -0.2) is 15.0 Å². The zero-order valence-electron chi connectivity index (χ0n) is 30.5. The Bertz CT molecular complexity index is 3400. The number of fused-ring (bicyclic) bond motifs is 9. The average molecular weight is 730 g/mol. The summed E-state index contributed by atoms with van der Waals surface area (Å²) in [5.74, 6) is 1.87. The quantitative estimate of drug-likeness (QED) is 0.177. The first kappa shape index (κ1) is 31.5. The average Bonchev–Trinajstić information content (AvgIpc) is 3.93. The van der Waals surface area contributed by atoms with Gasteiger partial charge in [-0.05, 0) is 54.6 Å². The van der Waals surface area contributed by atoms with E-state index in [0.717, 1.165) is 71.8 Å². The summed E-state index contributed by atoms with van der Waals surface area (Å²) in [6, 6.07) is 65.5. The van der Waals surface area contributed by atoms with E-state index in [9.17, 15) is 0 Å². The maximum Gasteiger partial charge on any atom is 0.164 e. The molecule has 0 aliphatic carbocycles. The first-order valence-corrected chi connectivity index (χ1v) is 19.1. The lowest BCUT2D eigenvalue weighted by molar-refractivity contribution is 0.669. The lowest BCUT2D eigenvalue weighted by Gasteiger charge is -2.10. The third-order valence-corrected chi connectivity index (χ3v) is 11.2. The molecule has 0 saturated heterocycles. The van der Waals surface area contributed by atoms with E-state index in [4.69, 9.17) is 19.4 Å². The van der Waals surface area contributed by atoms with E-state index in [1.165, 1.54) is 21.8 Å². The molecule has 0 atom stereocenters. The molecule has 0 amide bonds. The summed E-state index contributed by atoms with van der Waals surface area (Å²) >= 11 is 0. The normalized spacial score (nSPS) is 11.9. The fourth-order valence-corrected chi connectivity index (χ4v) is 8.63. The number of rotatable bonds is 5. The standard InChI is InChI=1S/C51H31N5O/c1-4-15-32(16-5-1)49-52-50(33-17-6-2-7-18-33)54-51(53-49)38-23-14-26-44-48(38)41-30-40-39-29-35(56-42-24-12-10-21-36(42)37-22-11-13-25-43(37)56)27-28-46(39)57-47(40)31-45(41)55(44)34-19-8-3-9-20-34/h1-31H. The summed E-state index contributed by atoms with van der Waals surface area (Å²) in [7, 11) is 0. The minimum absolute atomic E-state index is 0.617. The highest BCUT2D eigenvalue weighted by molar-refractivity contribution is 6.21. The van der Waals surface area contributed by atoms with Crippen molar-refractivity contribution in [2.45, 2.75) is 0 Å². The van der Waals surface area contributed by atoms with Crippen LogP contribution in [0.4, 0.5) is 0 Å². The first-order chi connectivity index (χ1) is 28.3. The van der Waals surface area contributed by atoms with Gasteiger partial charge in [-0.3, -0.25) is 0 Å². The van der Waals surface area contributed by atoms with E-state index in [1.54, 1.807) is 0 Å². The third-order valence-electron chi connectivity index (χ3n) is 11.2. The van der Waals surface area contributed by atoms with Crippen LogP contribution in [0.1, 0.15) is 0 Å². The highest BCUT2D eigenvalue weighted by atomic mass is 16.3. The molecule has 4 heterocycles. The van der Waals surface area contributed by atoms with Crippen molar-refractivity contribution in [2.24, 2.45) is 0 Å². The molecule has 12 rings (SSSR count). The second-order valence-electron chi connectivity index (χ2n) is 14.4. The Morgan fingerprint density at radius 2 is 0.877 bits per heavy atom. The van der Waals surface area contributed by atoms with Crippen LogP contribution in [0.5, 0.6) is 0 Å². The van der Waals surface area contributed by atoms with E-state index in [-0.39, 0.29) is 0 Å². The minimum Gasteiger partial charge on any atom is -0.456 e. The van der Waals surface area contributed by atoms with Crippen LogP contribution in [-0.2, 0) is 0 Å². The summed E-state index contributed by atoms with van der Waals surface area (Å²) in [4.78, 5) is 15.3. The number of hydrogen-bond donors (Lipinski definition) is 0. The maximum absolute atomic E-state index is 6.68. The zero-order chi connectivity index (χ0) is 37.5. The Hall–Kier alpha value is -7.83. The molecule has 0 N–H and O–H groups in total. The van der Waals surface area contributed by atoms with Crippen LogP contribution in [0.15, 0.2) is 192 Å². The van der Waals surface area contributed by atoms with Crippen molar-refractivity contribution in [3.63, 3.8) is 0 Å². The van der Waals surface area contributed by atoms with Crippen molar-refractivity contribution >= 4 is 65.6 Å². The van der Waals surface area contributed by atoms with Crippen LogP contribution >= 0.6 is 0 Å². The van der Waals surface area contributed by atoms with Gasteiger partial charge in [0.15, 0.2) is 17.5 Å². The molecule has 0 unspecified atom stereocenters. The van der Waals surface area contributed by atoms with Gasteiger partial charge in [0.25, 0.3) is 0 Å². The van der Waals surface area contributed by atoms with Gasteiger partial charge in [-0.1, -0.05) is 127 Å². The molecule has 0 saturated carbocycles. The number of para-hydroxylation sites is 3. The molecule has 266 valence electrons. The largest absolute Gasteiger partial charge is 0.456 e. The molecule has 12 aromatic rings. The lowest BCUT2D eigenvalue weighted by atomic mass is 10.0. The second kappa shape index (κ2) is 12.3. The molecule has 0 radical (unpaired) electrons. The Labute approximate surface area is 326 Å². The predicted octanol–water partition coefficient (Wildman–Crippen LogP) is 13.0. The van der Waals surface area contributed by atoms with E-state index in [0.29, 0.717) is 17.5 Å². The van der Waals surface area contributed by atoms with Gasteiger partial charge in [-0.2, -0.15) is 0 Å². The monoisotopic (exact) mass is 729 g/mol. The van der Waals surface area contributed by atoms with Gasteiger partial charge in [0, 0.05) is 66.4 Å². The molecule has 0 spiro atoms. The van der Waals surface area contributed by atoms with Crippen LogP contribution in [0, 0.1) is 0 Å². The number of nitrogens with zero attached hydrogens (tertiary/aromatic N) is 5. The van der Waals surface area contributed by atoms with Gasteiger partial charge in [-0.15, -0.1) is 0 Å². The zero-order valence-corrected chi connectivity index (χ0v) is 30.5. The maximum atomic E-state index is 6.68. The number of furan rings is 1.